The maximum atomic E-state index is 13.4. The highest BCUT2D eigenvalue weighted by Crippen LogP contribution is 2.41. The lowest BCUT2D eigenvalue weighted by Crippen LogP contribution is -2.53. The number of aromatic nitrogens is 1. The van der Waals surface area contributed by atoms with E-state index in [0.717, 1.165) is 56.8 Å². The van der Waals surface area contributed by atoms with Crippen LogP contribution in [0.15, 0.2) is 57.5 Å². The van der Waals surface area contributed by atoms with Gasteiger partial charge in [-0.15, -0.1) is 0 Å². The van der Waals surface area contributed by atoms with Crippen molar-refractivity contribution >= 4 is 5.91 Å². The Morgan fingerprint density at radius 1 is 1.16 bits per heavy atom. The van der Waals surface area contributed by atoms with Gasteiger partial charge in [0.05, 0.1) is 12.8 Å². The van der Waals surface area contributed by atoms with Crippen molar-refractivity contribution in [2.24, 2.45) is 5.92 Å². The molecule has 0 aromatic carbocycles. The Balaban J connectivity index is 1.35. The van der Waals surface area contributed by atoms with Gasteiger partial charge < -0.3 is 9.73 Å². The molecule has 6 heteroatoms. The van der Waals surface area contributed by atoms with Crippen molar-refractivity contribution in [1.82, 2.24) is 14.8 Å². The molecule has 1 N–H and O–H groups in total. The van der Waals surface area contributed by atoms with Gasteiger partial charge in [0.25, 0.3) is 5.56 Å². The molecule has 1 saturated heterocycles. The van der Waals surface area contributed by atoms with Crippen molar-refractivity contribution in [3.8, 4) is 0 Å². The Hall–Kier alpha value is -2.60. The fourth-order valence-electron chi connectivity index (χ4n) is 5.70. The maximum Gasteiger partial charge on any atom is 0.251 e. The fourth-order valence-corrected chi connectivity index (χ4v) is 5.70. The fraction of sp³-hybridized carbons (Fsp3) is 0.520. The van der Waals surface area contributed by atoms with Crippen LogP contribution < -0.4 is 10.9 Å². The van der Waals surface area contributed by atoms with Crippen molar-refractivity contribution in [1.29, 1.82) is 0 Å². The Morgan fingerprint density at radius 3 is 2.90 bits per heavy atom. The molecule has 1 fully saturated rings. The zero-order valence-electron chi connectivity index (χ0n) is 18.0. The van der Waals surface area contributed by atoms with Crippen LogP contribution in [0.5, 0.6) is 0 Å². The third-order valence-corrected chi connectivity index (χ3v) is 7.08. The van der Waals surface area contributed by atoms with Crippen LogP contribution in [0.4, 0.5) is 0 Å². The van der Waals surface area contributed by atoms with Gasteiger partial charge in [0, 0.05) is 43.2 Å². The number of fused-ring (bicyclic) bond motifs is 4. The van der Waals surface area contributed by atoms with E-state index in [1.54, 1.807) is 16.9 Å². The summed E-state index contributed by atoms with van der Waals surface area (Å²) in [4.78, 5) is 28.5. The lowest BCUT2D eigenvalue weighted by molar-refractivity contribution is -0.127. The summed E-state index contributed by atoms with van der Waals surface area (Å²) in [6, 6.07) is 8.88. The van der Waals surface area contributed by atoms with Crippen LogP contribution in [0, 0.1) is 5.92 Å². The van der Waals surface area contributed by atoms with Crippen LogP contribution in [0.1, 0.15) is 61.9 Å². The molecule has 3 aliphatic rings. The van der Waals surface area contributed by atoms with E-state index in [9.17, 15) is 9.59 Å². The standard InChI is InChI=1S/C25H31N3O3/c29-23-10-4-9-22-19-14-20(16-27(15-19)17-21-8-5-13-31-21)24(28(22)23)25(30)26-12-11-18-6-2-1-3-7-18/h4-6,8-10,13,19-20,24H,1-3,7,11-12,14-17H2,(H,26,30)/t19-,20+,24-/m1/s1. The number of rotatable bonds is 6. The summed E-state index contributed by atoms with van der Waals surface area (Å²) >= 11 is 0. The van der Waals surface area contributed by atoms with Gasteiger partial charge in [0.15, 0.2) is 0 Å². The first-order valence-electron chi connectivity index (χ1n) is 11.6. The first-order chi connectivity index (χ1) is 15.2. The van der Waals surface area contributed by atoms with E-state index >= 15 is 0 Å². The Labute approximate surface area is 182 Å². The number of furan rings is 1. The molecule has 3 atom stereocenters. The zero-order valence-corrected chi connectivity index (χ0v) is 18.0. The molecule has 6 nitrogen and oxygen atoms in total. The second-order valence-electron chi connectivity index (χ2n) is 9.22. The second kappa shape index (κ2) is 8.87. The Morgan fingerprint density at radius 2 is 2.10 bits per heavy atom. The van der Waals surface area contributed by atoms with E-state index in [1.165, 1.54) is 18.4 Å². The molecule has 0 unspecified atom stereocenters. The number of pyridine rings is 1. The van der Waals surface area contributed by atoms with E-state index in [0.29, 0.717) is 6.54 Å². The quantitative estimate of drug-likeness (QED) is 0.724. The number of hydrogen-bond donors (Lipinski definition) is 1. The number of likely N-dealkylation sites (tertiary alicyclic amines) is 1. The number of carbonyl (C=O) groups is 1. The van der Waals surface area contributed by atoms with Gasteiger partial charge in [-0.25, -0.2) is 0 Å². The Bertz CT molecular complexity index is 1010. The third-order valence-electron chi connectivity index (χ3n) is 7.08. The molecule has 2 aromatic heterocycles. The smallest absolute Gasteiger partial charge is 0.251 e. The molecular formula is C25H31N3O3. The molecule has 0 spiro atoms. The van der Waals surface area contributed by atoms with E-state index < -0.39 is 6.04 Å². The SMILES string of the molecule is O=C(NCCC1=CCCCC1)[C@H]1[C@H]2C[C@H](CN(Cc3ccco3)C2)c2cccc(=O)n21. The highest BCUT2D eigenvalue weighted by Gasteiger charge is 2.43. The van der Waals surface area contributed by atoms with E-state index in [1.807, 2.05) is 24.3 Å². The minimum atomic E-state index is -0.445. The van der Waals surface area contributed by atoms with Crippen LogP contribution in [0.25, 0.3) is 0 Å². The number of amides is 1. The molecule has 164 valence electrons. The van der Waals surface area contributed by atoms with Crippen molar-refractivity contribution in [2.75, 3.05) is 19.6 Å². The normalized spacial score (nSPS) is 25.5. The largest absolute Gasteiger partial charge is 0.468 e. The van der Waals surface area contributed by atoms with Crippen LogP contribution in [-0.2, 0) is 11.3 Å². The molecule has 2 aromatic rings. The van der Waals surface area contributed by atoms with Gasteiger partial charge in [0.1, 0.15) is 11.8 Å². The summed E-state index contributed by atoms with van der Waals surface area (Å²) in [6.07, 6.45) is 10.7. The number of hydrogen-bond acceptors (Lipinski definition) is 4. The summed E-state index contributed by atoms with van der Waals surface area (Å²) in [5.41, 5.74) is 2.37. The number of nitrogens with one attached hydrogen (secondary N) is 1. The average Bonchev–Trinajstić information content (AvgIpc) is 3.28. The predicted molar refractivity (Wildman–Crippen MR) is 119 cm³/mol. The van der Waals surface area contributed by atoms with Crippen molar-refractivity contribution < 1.29 is 9.21 Å². The van der Waals surface area contributed by atoms with Gasteiger partial charge in [-0.1, -0.05) is 17.7 Å². The number of carbonyl (C=O) groups excluding carboxylic acids is 1. The van der Waals surface area contributed by atoms with E-state index in [4.69, 9.17) is 4.42 Å². The highest BCUT2D eigenvalue weighted by molar-refractivity contribution is 5.81. The number of allylic oxidation sites excluding steroid dienone is 1. The van der Waals surface area contributed by atoms with Gasteiger partial charge in [0.2, 0.25) is 5.91 Å². The van der Waals surface area contributed by atoms with Gasteiger partial charge in [-0.05, 0) is 56.7 Å². The summed E-state index contributed by atoms with van der Waals surface area (Å²) in [7, 11) is 0. The van der Waals surface area contributed by atoms with Crippen LogP contribution >= 0.6 is 0 Å². The zero-order chi connectivity index (χ0) is 21.2. The average molecular weight is 422 g/mol. The van der Waals surface area contributed by atoms with Crippen LogP contribution in [-0.4, -0.2) is 35.0 Å². The van der Waals surface area contributed by atoms with Crippen LogP contribution in [0.3, 0.4) is 0 Å². The first-order valence-corrected chi connectivity index (χ1v) is 11.6. The third kappa shape index (κ3) is 4.26. The second-order valence-corrected chi connectivity index (χ2v) is 9.22. The van der Waals surface area contributed by atoms with Gasteiger partial charge >= 0.3 is 0 Å². The highest BCUT2D eigenvalue weighted by atomic mass is 16.3. The monoisotopic (exact) mass is 421 g/mol. The Kier molecular flexibility index (Phi) is 5.81. The molecule has 5 rings (SSSR count). The van der Waals surface area contributed by atoms with Crippen molar-refractivity contribution in [3.63, 3.8) is 0 Å². The summed E-state index contributed by atoms with van der Waals surface area (Å²) in [5, 5.41) is 3.15. The van der Waals surface area contributed by atoms with E-state index in [2.05, 4.69) is 16.3 Å². The summed E-state index contributed by atoms with van der Waals surface area (Å²) in [6.45, 7) is 3.05. The molecule has 1 amide bonds. The predicted octanol–water partition coefficient (Wildman–Crippen LogP) is 3.61. The van der Waals surface area contributed by atoms with E-state index in [-0.39, 0.29) is 23.3 Å². The number of nitrogens with zero attached hydrogens (tertiary/aromatic N) is 2. The first kappa shape index (κ1) is 20.3. The number of piperidine rings is 1. The minimum absolute atomic E-state index is 0.0192. The molecule has 2 aliphatic heterocycles. The molecule has 1 aliphatic carbocycles. The lowest BCUT2D eigenvalue weighted by Gasteiger charge is -2.46. The van der Waals surface area contributed by atoms with Crippen molar-refractivity contribution in [2.45, 2.75) is 57.0 Å². The molecule has 2 bridgehead atoms. The lowest BCUT2D eigenvalue weighted by atomic mass is 9.78. The summed E-state index contributed by atoms with van der Waals surface area (Å²) < 4.78 is 7.33. The molecule has 0 radical (unpaired) electrons. The van der Waals surface area contributed by atoms with Crippen LogP contribution in [0.2, 0.25) is 0 Å². The topological polar surface area (TPSA) is 67.5 Å². The van der Waals surface area contributed by atoms with Gasteiger partial charge in [-0.2, -0.15) is 0 Å². The van der Waals surface area contributed by atoms with Gasteiger partial charge in [-0.3, -0.25) is 19.1 Å². The summed E-state index contributed by atoms with van der Waals surface area (Å²) in [5.74, 6) is 1.30. The molecular weight excluding hydrogens is 390 g/mol. The molecule has 0 saturated carbocycles. The molecule has 31 heavy (non-hydrogen) atoms. The minimum Gasteiger partial charge on any atom is -0.468 e. The maximum absolute atomic E-state index is 13.4. The molecule has 4 heterocycles. The van der Waals surface area contributed by atoms with Crippen molar-refractivity contribution in [3.05, 3.63) is 70.1 Å².